The predicted molar refractivity (Wildman–Crippen MR) is 64.1 cm³/mol. The lowest BCUT2D eigenvalue weighted by Crippen LogP contribution is -1.86. The van der Waals surface area contributed by atoms with E-state index >= 15 is 0 Å². The Bertz CT molecular complexity index is 431. The standard InChI is InChI=1S/C13H12ClN/c1-2-10-3-8-13(15-9-10)11-4-6-12(14)7-5-11/h3-9H,2H2,1H3. The van der Waals surface area contributed by atoms with Gasteiger partial charge in [0.05, 0.1) is 5.69 Å². The number of hydrogen-bond donors (Lipinski definition) is 0. The second kappa shape index (κ2) is 4.45. The molecule has 2 aromatic rings. The van der Waals surface area contributed by atoms with E-state index in [2.05, 4.69) is 18.0 Å². The van der Waals surface area contributed by atoms with Gasteiger partial charge in [-0.15, -0.1) is 0 Å². The lowest BCUT2D eigenvalue weighted by molar-refractivity contribution is 1.11. The largest absolute Gasteiger partial charge is 0.256 e. The number of rotatable bonds is 2. The smallest absolute Gasteiger partial charge is 0.0702 e. The minimum Gasteiger partial charge on any atom is -0.256 e. The van der Waals surface area contributed by atoms with Crippen LogP contribution in [0.5, 0.6) is 0 Å². The van der Waals surface area contributed by atoms with E-state index in [9.17, 15) is 0 Å². The molecular weight excluding hydrogens is 206 g/mol. The van der Waals surface area contributed by atoms with Crippen LogP contribution >= 0.6 is 11.6 Å². The van der Waals surface area contributed by atoms with Gasteiger partial charge in [-0.05, 0) is 30.2 Å². The highest BCUT2D eigenvalue weighted by molar-refractivity contribution is 6.30. The summed E-state index contributed by atoms with van der Waals surface area (Å²) in [6.07, 6.45) is 2.94. The third kappa shape index (κ3) is 2.37. The molecule has 0 unspecified atom stereocenters. The molecule has 0 spiro atoms. The van der Waals surface area contributed by atoms with E-state index in [-0.39, 0.29) is 0 Å². The first-order chi connectivity index (χ1) is 7.29. The van der Waals surface area contributed by atoms with Gasteiger partial charge in [-0.1, -0.05) is 36.7 Å². The van der Waals surface area contributed by atoms with Crippen LogP contribution in [0.1, 0.15) is 12.5 Å². The molecule has 76 valence electrons. The van der Waals surface area contributed by atoms with Crippen molar-refractivity contribution in [3.05, 3.63) is 53.2 Å². The molecule has 0 aliphatic carbocycles. The van der Waals surface area contributed by atoms with Crippen molar-refractivity contribution in [2.75, 3.05) is 0 Å². The monoisotopic (exact) mass is 217 g/mol. The summed E-state index contributed by atoms with van der Waals surface area (Å²) in [6.45, 7) is 2.12. The van der Waals surface area contributed by atoms with Crippen LogP contribution in [0.3, 0.4) is 0 Å². The molecule has 1 aromatic heterocycles. The molecular formula is C13H12ClN. The maximum Gasteiger partial charge on any atom is 0.0702 e. The molecule has 0 radical (unpaired) electrons. The third-order valence-electron chi connectivity index (χ3n) is 2.37. The fourth-order valence-corrected chi connectivity index (χ4v) is 1.55. The summed E-state index contributed by atoms with van der Waals surface area (Å²) >= 11 is 5.83. The highest BCUT2D eigenvalue weighted by Crippen LogP contribution is 2.19. The van der Waals surface area contributed by atoms with Crippen LogP contribution in [0.15, 0.2) is 42.6 Å². The summed E-state index contributed by atoms with van der Waals surface area (Å²) < 4.78 is 0. The van der Waals surface area contributed by atoms with Crippen LogP contribution in [0, 0.1) is 0 Å². The molecule has 2 rings (SSSR count). The Labute approximate surface area is 94.7 Å². The maximum atomic E-state index is 5.83. The molecule has 1 nitrogen and oxygen atoms in total. The average molecular weight is 218 g/mol. The third-order valence-corrected chi connectivity index (χ3v) is 2.62. The van der Waals surface area contributed by atoms with Gasteiger partial charge in [0.25, 0.3) is 0 Å². The SMILES string of the molecule is CCc1ccc(-c2ccc(Cl)cc2)nc1. The Morgan fingerprint density at radius 1 is 1.07 bits per heavy atom. The molecule has 15 heavy (non-hydrogen) atoms. The summed E-state index contributed by atoms with van der Waals surface area (Å²) in [4.78, 5) is 4.41. The Hall–Kier alpha value is -1.34. The van der Waals surface area contributed by atoms with Gasteiger partial charge in [-0.25, -0.2) is 0 Å². The number of aryl methyl sites for hydroxylation is 1. The highest BCUT2D eigenvalue weighted by Gasteiger charge is 1.98. The van der Waals surface area contributed by atoms with E-state index < -0.39 is 0 Å². The first kappa shape index (κ1) is 10.2. The molecule has 1 aromatic carbocycles. The van der Waals surface area contributed by atoms with E-state index in [4.69, 9.17) is 11.6 Å². The predicted octanol–water partition coefficient (Wildman–Crippen LogP) is 3.96. The van der Waals surface area contributed by atoms with Crippen molar-refractivity contribution < 1.29 is 0 Å². The van der Waals surface area contributed by atoms with Crippen LogP contribution in [0.25, 0.3) is 11.3 Å². The summed E-state index contributed by atoms with van der Waals surface area (Å²) in [5, 5.41) is 0.754. The first-order valence-electron chi connectivity index (χ1n) is 5.00. The number of halogens is 1. The van der Waals surface area contributed by atoms with Crippen LogP contribution in [0.4, 0.5) is 0 Å². The zero-order valence-corrected chi connectivity index (χ0v) is 9.33. The Balaban J connectivity index is 2.33. The zero-order valence-electron chi connectivity index (χ0n) is 8.57. The number of pyridine rings is 1. The van der Waals surface area contributed by atoms with Crippen LogP contribution < -0.4 is 0 Å². The zero-order chi connectivity index (χ0) is 10.7. The molecule has 0 saturated carbocycles. The van der Waals surface area contributed by atoms with Crippen molar-refractivity contribution in [3.8, 4) is 11.3 Å². The highest BCUT2D eigenvalue weighted by atomic mass is 35.5. The Kier molecular flexibility index (Phi) is 3.02. The van der Waals surface area contributed by atoms with Gasteiger partial charge >= 0.3 is 0 Å². The van der Waals surface area contributed by atoms with Crippen molar-refractivity contribution in [3.63, 3.8) is 0 Å². The van der Waals surface area contributed by atoms with E-state index in [1.54, 1.807) is 0 Å². The molecule has 0 N–H and O–H groups in total. The molecule has 0 saturated heterocycles. The lowest BCUT2D eigenvalue weighted by atomic mass is 10.1. The number of aromatic nitrogens is 1. The van der Waals surface area contributed by atoms with E-state index in [0.717, 1.165) is 22.7 Å². The summed E-state index contributed by atoms with van der Waals surface area (Å²) in [7, 11) is 0. The quantitative estimate of drug-likeness (QED) is 0.742. The second-order valence-corrected chi connectivity index (χ2v) is 3.85. The van der Waals surface area contributed by atoms with Crippen LogP contribution in [0.2, 0.25) is 5.02 Å². The molecule has 2 heteroatoms. The van der Waals surface area contributed by atoms with E-state index in [1.165, 1.54) is 5.56 Å². The van der Waals surface area contributed by atoms with Crippen molar-refractivity contribution in [1.29, 1.82) is 0 Å². The van der Waals surface area contributed by atoms with Gasteiger partial charge in [0.15, 0.2) is 0 Å². The molecule has 0 bridgehead atoms. The Morgan fingerprint density at radius 2 is 1.80 bits per heavy atom. The molecule has 0 fully saturated rings. The van der Waals surface area contributed by atoms with Gasteiger partial charge in [-0.3, -0.25) is 4.98 Å². The van der Waals surface area contributed by atoms with Gasteiger partial charge < -0.3 is 0 Å². The molecule has 0 atom stereocenters. The number of benzene rings is 1. The average Bonchev–Trinajstić information content (AvgIpc) is 2.30. The minimum absolute atomic E-state index is 0.754. The normalized spacial score (nSPS) is 10.3. The fraction of sp³-hybridized carbons (Fsp3) is 0.154. The van der Waals surface area contributed by atoms with Crippen molar-refractivity contribution in [1.82, 2.24) is 4.98 Å². The van der Waals surface area contributed by atoms with Crippen molar-refractivity contribution in [2.45, 2.75) is 13.3 Å². The molecule has 0 aliphatic rings. The first-order valence-corrected chi connectivity index (χ1v) is 5.38. The van der Waals surface area contributed by atoms with Gasteiger partial charge in [0, 0.05) is 16.8 Å². The fourth-order valence-electron chi connectivity index (χ4n) is 1.43. The summed E-state index contributed by atoms with van der Waals surface area (Å²) in [5.41, 5.74) is 3.35. The molecule has 1 heterocycles. The summed E-state index contributed by atoms with van der Waals surface area (Å²) in [6, 6.07) is 11.9. The molecule has 0 aliphatic heterocycles. The topological polar surface area (TPSA) is 12.9 Å². The van der Waals surface area contributed by atoms with E-state index in [1.807, 2.05) is 36.5 Å². The van der Waals surface area contributed by atoms with Crippen LogP contribution in [-0.4, -0.2) is 4.98 Å². The number of nitrogens with zero attached hydrogens (tertiary/aromatic N) is 1. The van der Waals surface area contributed by atoms with Gasteiger partial charge in [-0.2, -0.15) is 0 Å². The summed E-state index contributed by atoms with van der Waals surface area (Å²) in [5.74, 6) is 0. The second-order valence-electron chi connectivity index (χ2n) is 3.41. The number of hydrogen-bond acceptors (Lipinski definition) is 1. The van der Waals surface area contributed by atoms with E-state index in [0.29, 0.717) is 0 Å². The van der Waals surface area contributed by atoms with Crippen LogP contribution in [-0.2, 0) is 6.42 Å². The van der Waals surface area contributed by atoms with Gasteiger partial charge in [0.1, 0.15) is 0 Å². The molecule has 0 amide bonds. The maximum absolute atomic E-state index is 5.83. The van der Waals surface area contributed by atoms with Crippen molar-refractivity contribution >= 4 is 11.6 Å². The van der Waals surface area contributed by atoms with Crippen molar-refractivity contribution in [2.24, 2.45) is 0 Å². The van der Waals surface area contributed by atoms with Gasteiger partial charge in [0.2, 0.25) is 0 Å². The lowest BCUT2D eigenvalue weighted by Gasteiger charge is -2.01. The minimum atomic E-state index is 0.754. The Morgan fingerprint density at radius 3 is 2.33 bits per heavy atom.